The highest BCUT2D eigenvalue weighted by atomic mass is 16.5. The molecule has 4 nitrogen and oxygen atoms in total. The van der Waals surface area contributed by atoms with Crippen molar-refractivity contribution in [2.75, 3.05) is 11.9 Å². The summed E-state index contributed by atoms with van der Waals surface area (Å²) >= 11 is 0. The van der Waals surface area contributed by atoms with Crippen molar-refractivity contribution in [1.82, 2.24) is 0 Å². The van der Waals surface area contributed by atoms with Crippen molar-refractivity contribution in [3.05, 3.63) is 57.6 Å². The molecule has 0 radical (unpaired) electrons. The van der Waals surface area contributed by atoms with Crippen LogP contribution in [0.1, 0.15) is 99.3 Å². The van der Waals surface area contributed by atoms with Crippen LogP contribution in [-0.2, 0) is 4.79 Å². The minimum atomic E-state index is -0.685. The molecule has 3 rings (SSSR count). The van der Waals surface area contributed by atoms with Crippen molar-refractivity contribution < 1.29 is 14.6 Å². The third-order valence-electron chi connectivity index (χ3n) is 6.17. The van der Waals surface area contributed by atoms with Gasteiger partial charge in [0.25, 0.3) is 0 Å². The highest BCUT2D eigenvalue weighted by Gasteiger charge is 2.34. The van der Waals surface area contributed by atoms with E-state index in [2.05, 4.69) is 71.1 Å². The Kier molecular flexibility index (Phi) is 6.52. The van der Waals surface area contributed by atoms with Gasteiger partial charge in [-0.2, -0.15) is 0 Å². The van der Waals surface area contributed by atoms with Crippen LogP contribution in [0.4, 0.5) is 5.69 Å². The fourth-order valence-electron chi connectivity index (χ4n) is 4.59. The van der Waals surface area contributed by atoms with Crippen LogP contribution >= 0.6 is 0 Å². The van der Waals surface area contributed by atoms with E-state index in [0.29, 0.717) is 18.9 Å². The molecule has 2 unspecified atom stereocenters. The summed E-state index contributed by atoms with van der Waals surface area (Å²) in [4.78, 5) is 12.8. The van der Waals surface area contributed by atoms with Crippen LogP contribution in [0.15, 0.2) is 24.3 Å². The maximum absolute atomic E-state index is 12.8. The van der Waals surface area contributed by atoms with Gasteiger partial charge in [-0.25, -0.2) is 0 Å². The number of ether oxygens (including phenoxy) is 1. The van der Waals surface area contributed by atoms with Crippen LogP contribution in [0, 0.1) is 19.3 Å². The average molecular weight is 424 g/mol. The second kappa shape index (κ2) is 8.66. The second-order valence-electron chi connectivity index (χ2n) is 10.4. The zero-order valence-electron chi connectivity index (χ0n) is 20.2. The van der Waals surface area contributed by atoms with E-state index in [1.165, 1.54) is 11.1 Å². The van der Waals surface area contributed by atoms with Gasteiger partial charge in [-0.05, 0) is 54.4 Å². The Hall–Kier alpha value is -2.33. The van der Waals surface area contributed by atoms with E-state index >= 15 is 0 Å². The minimum Gasteiger partial charge on any atom is -0.492 e. The van der Waals surface area contributed by atoms with Gasteiger partial charge in [-0.1, -0.05) is 58.9 Å². The van der Waals surface area contributed by atoms with Gasteiger partial charge in [-0.15, -0.1) is 0 Å². The maximum Gasteiger partial charge on any atom is 0.224 e. The molecule has 1 aliphatic rings. The Morgan fingerprint density at radius 3 is 2.26 bits per heavy atom. The molecule has 0 saturated heterocycles. The minimum absolute atomic E-state index is 0.00746. The molecule has 0 saturated carbocycles. The summed E-state index contributed by atoms with van der Waals surface area (Å²) < 4.78 is 6.17. The smallest absolute Gasteiger partial charge is 0.224 e. The Morgan fingerprint density at radius 2 is 1.74 bits per heavy atom. The van der Waals surface area contributed by atoms with Crippen LogP contribution in [0.5, 0.6) is 5.75 Å². The first-order valence-corrected chi connectivity index (χ1v) is 11.3. The number of amides is 1. The summed E-state index contributed by atoms with van der Waals surface area (Å²) in [5, 5.41) is 13.7. The van der Waals surface area contributed by atoms with Gasteiger partial charge < -0.3 is 15.2 Å². The molecule has 1 aliphatic heterocycles. The van der Waals surface area contributed by atoms with Crippen LogP contribution in [0.3, 0.4) is 0 Å². The molecular weight excluding hydrogens is 386 g/mol. The lowest BCUT2D eigenvalue weighted by Crippen LogP contribution is -2.21. The standard InChI is InChI=1S/C27H37NO3/c1-15(2)19-9-11-20(12-10-19)21-14-31-26-23(18(5)29)16(3)25(17(4)24(21)26)28-22(30)13-27(6,7)8/h9-12,15,18,21,29H,13-14H2,1-8H3,(H,28,30). The van der Waals surface area contributed by atoms with Gasteiger partial charge in [0.1, 0.15) is 5.75 Å². The highest BCUT2D eigenvalue weighted by molar-refractivity contribution is 5.94. The zero-order valence-corrected chi connectivity index (χ0v) is 20.2. The molecule has 0 fully saturated rings. The summed E-state index contributed by atoms with van der Waals surface area (Å²) in [5.74, 6) is 1.33. The van der Waals surface area contributed by atoms with E-state index in [1.54, 1.807) is 6.92 Å². The zero-order chi connectivity index (χ0) is 23.1. The quantitative estimate of drug-likeness (QED) is 0.587. The van der Waals surface area contributed by atoms with Crippen LogP contribution in [0.25, 0.3) is 0 Å². The number of carbonyl (C=O) groups excluding carboxylic acids is 1. The van der Waals surface area contributed by atoms with Gasteiger partial charge in [0, 0.05) is 29.2 Å². The van der Waals surface area contributed by atoms with Gasteiger partial charge in [0.05, 0.1) is 12.7 Å². The number of aliphatic hydroxyl groups excluding tert-OH is 1. The van der Waals surface area contributed by atoms with Crippen molar-refractivity contribution in [2.45, 2.75) is 79.8 Å². The number of fused-ring (bicyclic) bond motifs is 1. The fourth-order valence-corrected chi connectivity index (χ4v) is 4.59. The summed E-state index contributed by atoms with van der Waals surface area (Å²) in [6.07, 6.45) is -0.251. The summed E-state index contributed by atoms with van der Waals surface area (Å²) in [6.45, 7) is 16.9. The van der Waals surface area contributed by atoms with E-state index in [0.717, 1.165) is 33.7 Å². The van der Waals surface area contributed by atoms with Crippen molar-refractivity contribution in [3.63, 3.8) is 0 Å². The molecular formula is C27H37NO3. The Bertz CT molecular complexity index is 966. The molecule has 1 heterocycles. The molecule has 0 bridgehead atoms. The molecule has 31 heavy (non-hydrogen) atoms. The molecule has 2 atom stereocenters. The van der Waals surface area contributed by atoms with Crippen molar-refractivity contribution >= 4 is 11.6 Å². The lowest BCUT2D eigenvalue weighted by atomic mass is 9.84. The van der Waals surface area contributed by atoms with E-state index in [1.807, 2.05) is 6.92 Å². The van der Waals surface area contributed by atoms with Crippen molar-refractivity contribution in [1.29, 1.82) is 0 Å². The molecule has 168 valence electrons. The Labute approximate surface area is 187 Å². The number of aliphatic hydroxyl groups is 1. The molecule has 4 heteroatoms. The number of anilines is 1. The number of nitrogens with one attached hydrogen (secondary N) is 1. The van der Waals surface area contributed by atoms with Crippen molar-refractivity contribution in [2.24, 2.45) is 5.41 Å². The molecule has 2 aromatic rings. The molecule has 1 amide bonds. The molecule has 2 aromatic carbocycles. The monoisotopic (exact) mass is 423 g/mol. The first-order chi connectivity index (χ1) is 14.4. The number of benzene rings is 2. The maximum atomic E-state index is 12.8. The predicted octanol–water partition coefficient (Wildman–Crippen LogP) is 6.38. The third kappa shape index (κ3) is 4.79. The molecule has 0 aromatic heterocycles. The summed E-state index contributed by atoms with van der Waals surface area (Å²) in [5.41, 5.74) is 6.95. The number of carbonyl (C=O) groups is 1. The lowest BCUT2D eigenvalue weighted by Gasteiger charge is -2.24. The first kappa shape index (κ1) is 23.3. The Morgan fingerprint density at radius 1 is 1.13 bits per heavy atom. The second-order valence-corrected chi connectivity index (χ2v) is 10.4. The number of hydrogen-bond acceptors (Lipinski definition) is 3. The van der Waals surface area contributed by atoms with Gasteiger partial charge in [-0.3, -0.25) is 4.79 Å². The normalized spacial score (nSPS) is 16.8. The summed E-state index contributed by atoms with van der Waals surface area (Å²) in [7, 11) is 0. The molecule has 0 spiro atoms. The van der Waals surface area contributed by atoms with Gasteiger partial charge in [0.15, 0.2) is 0 Å². The SMILES string of the molecule is Cc1c(NC(=O)CC(C)(C)C)c(C)c2c(c1C(C)O)OCC2c1ccc(C(C)C)cc1. The number of hydrogen-bond donors (Lipinski definition) is 2. The van der Waals surface area contributed by atoms with Crippen molar-refractivity contribution in [3.8, 4) is 5.75 Å². The molecule has 0 aliphatic carbocycles. The van der Waals surface area contributed by atoms with Gasteiger partial charge >= 0.3 is 0 Å². The Balaban J connectivity index is 2.09. The largest absolute Gasteiger partial charge is 0.492 e. The topological polar surface area (TPSA) is 58.6 Å². The van der Waals surface area contributed by atoms with Crippen LogP contribution < -0.4 is 10.1 Å². The number of rotatable bonds is 5. The van der Waals surface area contributed by atoms with Gasteiger partial charge in [0.2, 0.25) is 5.91 Å². The highest BCUT2D eigenvalue weighted by Crippen LogP contribution is 2.49. The van der Waals surface area contributed by atoms with E-state index in [-0.39, 0.29) is 17.2 Å². The fraction of sp³-hybridized carbons (Fsp3) is 0.519. The van der Waals surface area contributed by atoms with E-state index in [4.69, 9.17) is 4.74 Å². The first-order valence-electron chi connectivity index (χ1n) is 11.3. The third-order valence-corrected chi connectivity index (χ3v) is 6.17. The lowest BCUT2D eigenvalue weighted by molar-refractivity contribution is -0.117. The average Bonchev–Trinajstić information content (AvgIpc) is 3.08. The molecule has 2 N–H and O–H groups in total. The van der Waals surface area contributed by atoms with E-state index < -0.39 is 6.10 Å². The van der Waals surface area contributed by atoms with Crippen LogP contribution in [-0.4, -0.2) is 17.6 Å². The predicted molar refractivity (Wildman–Crippen MR) is 127 cm³/mol. The van der Waals surface area contributed by atoms with Crippen LogP contribution in [0.2, 0.25) is 0 Å². The summed E-state index contributed by atoms with van der Waals surface area (Å²) in [6, 6.07) is 8.72. The van der Waals surface area contributed by atoms with E-state index in [9.17, 15) is 9.90 Å².